The first-order chi connectivity index (χ1) is 17.1. The number of fused-ring (bicyclic) bond motifs is 2. The summed E-state index contributed by atoms with van der Waals surface area (Å²) in [5, 5.41) is 13.2. The lowest BCUT2D eigenvalue weighted by atomic mass is 10.00. The van der Waals surface area contributed by atoms with Crippen LogP contribution in [0.15, 0.2) is 51.7 Å². The Morgan fingerprint density at radius 2 is 1.92 bits per heavy atom. The number of carboxylic acids is 1. The number of hydrogen-bond donors (Lipinski definition) is 2. The van der Waals surface area contributed by atoms with Gasteiger partial charge in [-0.15, -0.1) is 0 Å². The van der Waals surface area contributed by atoms with Crippen LogP contribution < -0.4 is 15.6 Å². The SMILES string of the molecule is Cc1cc(C(C)Nc2ccc(Cl)nc2C(=O)O)c2oc(N3Cc4ccc(F)cc4C3)c(C)c(=O)c2c1. The van der Waals surface area contributed by atoms with Crippen molar-refractivity contribution in [3.05, 3.63) is 97.2 Å². The summed E-state index contributed by atoms with van der Waals surface area (Å²) in [7, 11) is 0. The smallest absolute Gasteiger partial charge is 0.356 e. The maximum atomic E-state index is 13.8. The number of hydrogen-bond acceptors (Lipinski definition) is 6. The van der Waals surface area contributed by atoms with E-state index in [9.17, 15) is 19.1 Å². The highest BCUT2D eigenvalue weighted by atomic mass is 35.5. The highest BCUT2D eigenvalue weighted by Crippen LogP contribution is 2.35. The van der Waals surface area contributed by atoms with Crippen LogP contribution in [0.2, 0.25) is 5.15 Å². The van der Waals surface area contributed by atoms with Gasteiger partial charge in [0, 0.05) is 18.7 Å². The van der Waals surface area contributed by atoms with Crippen molar-refractivity contribution in [3.8, 4) is 0 Å². The molecule has 1 unspecified atom stereocenters. The fraction of sp³-hybridized carbons (Fsp3) is 0.222. The van der Waals surface area contributed by atoms with Gasteiger partial charge < -0.3 is 19.7 Å². The normalized spacial score (nSPS) is 13.6. The summed E-state index contributed by atoms with van der Waals surface area (Å²) in [6.07, 6.45) is 0. The maximum absolute atomic E-state index is 13.8. The molecular formula is C27H23ClFN3O4. The van der Waals surface area contributed by atoms with Gasteiger partial charge >= 0.3 is 5.97 Å². The molecule has 0 fully saturated rings. The second-order valence-electron chi connectivity index (χ2n) is 9.06. The third-order valence-electron chi connectivity index (χ3n) is 6.45. The summed E-state index contributed by atoms with van der Waals surface area (Å²) >= 11 is 5.89. The van der Waals surface area contributed by atoms with Gasteiger partial charge in [-0.1, -0.05) is 23.7 Å². The molecule has 2 aromatic carbocycles. The van der Waals surface area contributed by atoms with E-state index in [0.29, 0.717) is 46.8 Å². The van der Waals surface area contributed by atoms with Crippen LogP contribution in [-0.2, 0) is 13.1 Å². The van der Waals surface area contributed by atoms with Gasteiger partial charge in [-0.3, -0.25) is 4.79 Å². The van der Waals surface area contributed by atoms with Crippen molar-refractivity contribution in [1.29, 1.82) is 0 Å². The molecule has 2 aromatic heterocycles. The lowest BCUT2D eigenvalue weighted by molar-refractivity contribution is 0.0691. The average Bonchev–Trinajstić information content (AvgIpc) is 3.25. The maximum Gasteiger partial charge on any atom is 0.356 e. The molecule has 184 valence electrons. The van der Waals surface area contributed by atoms with E-state index < -0.39 is 12.0 Å². The van der Waals surface area contributed by atoms with Gasteiger partial charge in [-0.25, -0.2) is 14.2 Å². The zero-order valence-corrected chi connectivity index (χ0v) is 20.6. The number of pyridine rings is 1. The molecule has 1 atom stereocenters. The molecule has 9 heteroatoms. The Balaban J connectivity index is 1.60. The van der Waals surface area contributed by atoms with Gasteiger partial charge in [-0.05, 0) is 67.8 Å². The third-order valence-corrected chi connectivity index (χ3v) is 6.66. The number of carboxylic acid groups (broad SMARTS) is 1. The molecule has 36 heavy (non-hydrogen) atoms. The summed E-state index contributed by atoms with van der Waals surface area (Å²) in [4.78, 5) is 31.0. The van der Waals surface area contributed by atoms with Crippen molar-refractivity contribution >= 4 is 40.1 Å². The van der Waals surface area contributed by atoms with Crippen molar-refractivity contribution in [3.63, 3.8) is 0 Å². The average molecular weight is 508 g/mol. The number of aromatic carboxylic acids is 1. The first-order valence-electron chi connectivity index (χ1n) is 11.4. The number of nitrogens with one attached hydrogen (secondary N) is 1. The monoisotopic (exact) mass is 507 g/mol. The van der Waals surface area contributed by atoms with Crippen LogP contribution in [0.3, 0.4) is 0 Å². The van der Waals surface area contributed by atoms with Crippen LogP contribution in [0.4, 0.5) is 16.0 Å². The number of rotatable bonds is 5. The number of anilines is 2. The third kappa shape index (κ3) is 4.18. The van der Waals surface area contributed by atoms with Crippen LogP contribution in [0.5, 0.6) is 0 Å². The van der Waals surface area contributed by atoms with Gasteiger partial charge in [0.1, 0.15) is 16.6 Å². The fourth-order valence-corrected chi connectivity index (χ4v) is 4.86. The topological polar surface area (TPSA) is 95.7 Å². The minimum atomic E-state index is -1.21. The fourth-order valence-electron chi connectivity index (χ4n) is 4.71. The van der Waals surface area contributed by atoms with Crippen LogP contribution in [0.1, 0.15) is 51.3 Å². The molecule has 0 aliphatic carbocycles. The number of benzene rings is 2. The number of aryl methyl sites for hydroxylation is 1. The molecule has 3 heterocycles. The van der Waals surface area contributed by atoms with Crippen molar-refractivity contribution in [2.24, 2.45) is 0 Å². The Morgan fingerprint density at radius 1 is 1.17 bits per heavy atom. The van der Waals surface area contributed by atoms with Crippen molar-refractivity contribution < 1.29 is 18.7 Å². The molecule has 0 amide bonds. The zero-order chi connectivity index (χ0) is 25.7. The molecule has 5 rings (SSSR count). The lowest BCUT2D eigenvalue weighted by Crippen LogP contribution is -2.20. The van der Waals surface area contributed by atoms with E-state index in [1.165, 1.54) is 18.2 Å². The number of halogens is 2. The summed E-state index contributed by atoms with van der Waals surface area (Å²) in [6.45, 7) is 6.39. The van der Waals surface area contributed by atoms with E-state index in [0.717, 1.165) is 16.7 Å². The van der Waals surface area contributed by atoms with E-state index in [1.54, 1.807) is 25.1 Å². The molecular weight excluding hydrogens is 485 g/mol. The van der Waals surface area contributed by atoms with Gasteiger partial charge in [0.15, 0.2) is 11.1 Å². The van der Waals surface area contributed by atoms with E-state index in [1.807, 2.05) is 24.8 Å². The summed E-state index contributed by atoms with van der Waals surface area (Å²) < 4.78 is 20.2. The molecule has 1 aliphatic heterocycles. The van der Waals surface area contributed by atoms with Gasteiger partial charge in [0.05, 0.1) is 22.7 Å². The van der Waals surface area contributed by atoms with E-state index in [2.05, 4.69) is 10.3 Å². The molecule has 0 saturated heterocycles. The van der Waals surface area contributed by atoms with Crippen LogP contribution >= 0.6 is 11.6 Å². The van der Waals surface area contributed by atoms with Crippen LogP contribution in [0.25, 0.3) is 11.0 Å². The predicted octanol–water partition coefficient (Wildman–Crippen LogP) is 5.99. The Labute approximate surface area is 211 Å². The van der Waals surface area contributed by atoms with Crippen molar-refractivity contribution in [1.82, 2.24) is 4.98 Å². The molecule has 0 saturated carbocycles. The minimum Gasteiger partial charge on any atom is -0.476 e. The molecule has 0 bridgehead atoms. The quantitative estimate of drug-likeness (QED) is 0.320. The predicted molar refractivity (Wildman–Crippen MR) is 136 cm³/mol. The molecule has 0 spiro atoms. The molecule has 1 aliphatic rings. The lowest BCUT2D eigenvalue weighted by Gasteiger charge is -2.22. The second-order valence-corrected chi connectivity index (χ2v) is 9.45. The Bertz CT molecular complexity index is 1600. The summed E-state index contributed by atoms with van der Waals surface area (Å²) in [5.41, 5.74) is 4.22. The Hall–Kier alpha value is -3.91. The number of nitrogens with zero attached hydrogens (tertiary/aromatic N) is 2. The molecule has 4 aromatic rings. The van der Waals surface area contributed by atoms with Gasteiger partial charge in [0.2, 0.25) is 5.88 Å². The van der Waals surface area contributed by atoms with Gasteiger partial charge in [0.25, 0.3) is 0 Å². The first kappa shape index (κ1) is 23.8. The van der Waals surface area contributed by atoms with Crippen molar-refractivity contribution in [2.45, 2.75) is 39.9 Å². The highest BCUT2D eigenvalue weighted by Gasteiger charge is 2.26. The molecule has 2 N–H and O–H groups in total. The van der Waals surface area contributed by atoms with E-state index >= 15 is 0 Å². The summed E-state index contributed by atoms with van der Waals surface area (Å²) in [5.74, 6) is -1.08. The molecule has 7 nitrogen and oxygen atoms in total. The standard InChI is InChI=1S/C27H23ClFN3O4/c1-13-8-19(15(3)30-21-6-7-22(28)31-23(21)27(34)35)25-20(9-13)24(33)14(2)26(36-25)32-11-16-4-5-18(29)10-17(16)12-32/h4-10,15,30H,11-12H2,1-3H3,(H,34,35). The van der Waals surface area contributed by atoms with Crippen LogP contribution in [0, 0.1) is 19.7 Å². The molecule has 0 radical (unpaired) electrons. The number of aromatic nitrogens is 1. The Kier molecular flexibility index (Phi) is 5.92. The van der Waals surface area contributed by atoms with Gasteiger partial charge in [-0.2, -0.15) is 0 Å². The minimum absolute atomic E-state index is 0.0733. The zero-order valence-electron chi connectivity index (χ0n) is 19.9. The largest absolute Gasteiger partial charge is 0.476 e. The summed E-state index contributed by atoms with van der Waals surface area (Å²) in [6, 6.07) is 11.0. The highest BCUT2D eigenvalue weighted by molar-refractivity contribution is 6.29. The number of carbonyl (C=O) groups is 1. The Morgan fingerprint density at radius 3 is 2.67 bits per heavy atom. The van der Waals surface area contributed by atoms with E-state index in [-0.39, 0.29) is 22.1 Å². The van der Waals surface area contributed by atoms with Crippen LogP contribution in [-0.4, -0.2) is 16.1 Å². The first-order valence-corrected chi connectivity index (χ1v) is 11.8. The van der Waals surface area contributed by atoms with E-state index in [4.69, 9.17) is 16.0 Å². The second kappa shape index (κ2) is 8.95. The van der Waals surface area contributed by atoms with Crippen molar-refractivity contribution in [2.75, 3.05) is 10.2 Å².